The molecule has 0 aliphatic heterocycles. The molecule has 2 N–H and O–H groups in total. The Balaban J connectivity index is 1.51. The van der Waals surface area contributed by atoms with Crippen LogP contribution < -0.4 is 14.8 Å². The van der Waals surface area contributed by atoms with Crippen LogP contribution in [0.4, 0.5) is 19.2 Å². The number of hydrogen-bond donors (Lipinski definition) is 2. The van der Waals surface area contributed by atoms with E-state index >= 15 is 0 Å². The van der Waals surface area contributed by atoms with Crippen molar-refractivity contribution in [3.05, 3.63) is 24.3 Å². The number of alkyl halides is 3. The van der Waals surface area contributed by atoms with E-state index in [0.29, 0.717) is 18.0 Å². The van der Waals surface area contributed by atoms with E-state index in [4.69, 9.17) is 4.52 Å². The van der Waals surface area contributed by atoms with E-state index in [9.17, 15) is 21.6 Å². The first-order valence-electron chi connectivity index (χ1n) is 8.98. The molecule has 1 fully saturated rings. The number of aromatic nitrogens is 2. The molecule has 1 aromatic heterocycles. The van der Waals surface area contributed by atoms with Gasteiger partial charge in [-0.25, -0.2) is 13.1 Å². The summed E-state index contributed by atoms with van der Waals surface area (Å²) in [6, 6.07) is 5.54. The smallest absolute Gasteiger partial charge is 0.406 e. The topological polar surface area (TPSA) is 106 Å². The summed E-state index contributed by atoms with van der Waals surface area (Å²) in [4.78, 5) is 4.22. The van der Waals surface area contributed by atoms with Crippen molar-refractivity contribution in [3.8, 4) is 17.1 Å². The van der Waals surface area contributed by atoms with Gasteiger partial charge in [0.1, 0.15) is 5.75 Å². The number of nitrogens with zero attached hydrogens (tertiary/aromatic N) is 2. The first kappa shape index (κ1) is 21.4. The first-order valence-corrected chi connectivity index (χ1v) is 10.9. The van der Waals surface area contributed by atoms with Crippen molar-refractivity contribution in [1.29, 1.82) is 0 Å². The lowest BCUT2D eigenvalue weighted by atomic mass is 9.86. The largest absolute Gasteiger partial charge is 0.573 e. The van der Waals surface area contributed by atoms with Gasteiger partial charge in [-0.2, -0.15) is 4.98 Å². The minimum atomic E-state index is -4.75. The second-order valence-electron chi connectivity index (χ2n) is 6.98. The maximum absolute atomic E-state index is 12.2. The van der Waals surface area contributed by atoms with Gasteiger partial charge in [0.05, 0.1) is 6.26 Å². The van der Waals surface area contributed by atoms with Crippen molar-refractivity contribution in [3.63, 3.8) is 0 Å². The Morgan fingerprint density at radius 1 is 1.17 bits per heavy atom. The van der Waals surface area contributed by atoms with Gasteiger partial charge in [0.25, 0.3) is 0 Å². The van der Waals surface area contributed by atoms with Crippen molar-refractivity contribution < 1.29 is 30.8 Å². The molecule has 0 bridgehead atoms. The van der Waals surface area contributed by atoms with Crippen LogP contribution in [0.2, 0.25) is 0 Å². The predicted octanol–water partition coefficient (Wildman–Crippen LogP) is 3.16. The monoisotopic (exact) mass is 434 g/mol. The molecule has 2 aromatic rings. The zero-order valence-electron chi connectivity index (χ0n) is 15.6. The number of rotatable bonds is 7. The summed E-state index contributed by atoms with van der Waals surface area (Å²) in [5.41, 5.74) is 0.492. The lowest BCUT2D eigenvalue weighted by Crippen LogP contribution is -2.33. The number of ether oxygens (including phenoxy) is 1. The Morgan fingerprint density at radius 3 is 2.41 bits per heavy atom. The molecule has 1 aliphatic carbocycles. The average Bonchev–Trinajstić information content (AvgIpc) is 3.08. The van der Waals surface area contributed by atoms with E-state index in [1.165, 1.54) is 24.3 Å². The fourth-order valence-corrected chi connectivity index (χ4v) is 3.70. The third kappa shape index (κ3) is 6.89. The molecular weight excluding hydrogens is 413 g/mol. The number of hydrogen-bond acceptors (Lipinski definition) is 7. The van der Waals surface area contributed by atoms with Gasteiger partial charge in [-0.1, -0.05) is 5.16 Å². The van der Waals surface area contributed by atoms with Gasteiger partial charge in [-0.15, -0.1) is 13.2 Å². The van der Waals surface area contributed by atoms with Gasteiger partial charge in [-0.3, -0.25) is 0 Å². The van der Waals surface area contributed by atoms with E-state index in [1.807, 2.05) is 0 Å². The van der Waals surface area contributed by atoms with Gasteiger partial charge in [0, 0.05) is 18.2 Å². The minimum absolute atomic E-state index is 0.125. The third-order valence-electron chi connectivity index (χ3n) is 4.58. The molecule has 0 amide bonds. The highest BCUT2D eigenvalue weighted by Crippen LogP contribution is 2.28. The van der Waals surface area contributed by atoms with Crippen molar-refractivity contribution in [2.75, 3.05) is 18.1 Å². The van der Waals surface area contributed by atoms with Crippen LogP contribution in [-0.4, -0.2) is 43.8 Å². The van der Waals surface area contributed by atoms with Crippen LogP contribution in [0.15, 0.2) is 28.8 Å². The second kappa shape index (κ2) is 8.57. The van der Waals surface area contributed by atoms with Crippen molar-refractivity contribution in [2.45, 2.75) is 38.1 Å². The Morgan fingerprint density at radius 2 is 1.83 bits per heavy atom. The summed E-state index contributed by atoms with van der Waals surface area (Å²) in [6.07, 6.45) is -0.215. The molecule has 0 saturated heterocycles. The van der Waals surface area contributed by atoms with Crippen LogP contribution in [0.3, 0.4) is 0 Å². The maximum Gasteiger partial charge on any atom is 0.573 e. The second-order valence-corrected chi connectivity index (χ2v) is 8.81. The van der Waals surface area contributed by atoms with Crippen molar-refractivity contribution >= 4 is 16.0 Å². The highest BCUT2D eigenvalue weighted by molar-refractivity contribution is 7.88. The van der Waals surface area contributed by atoms with Crippen molar-refractivity contribution in [1.82, 2.24) is 14.9 Å². The summed E-state index contributed by atoms with van der Waals surface area (Å²) >= 11 is 0. The standard InChI is InChI=1S/C17H21F3N4O4S/c1-29(25,26)21-10-11-2-6-13(7-3-11)22-16-23-15(24-28-16)12-4-8-14(9-5-12)27-17(18,19)20/h4-5,8-9,11,13,21H,2-3,6-7,10H2,1H3,(H,22,23,24)/t11-,13-. The molecule has 1 saturated carbocycles. The SMILES string of the molecule is CS(=O)(=O)NC[C@H]1CC[C@H](Nc2nc(-c3ccc(OC(F)(F)F)cc3)no2)CC1. The number of nitrogens with one attached hydrogen (secondary N) is 2. The third-order valence-corrected chi connectivity index (χ3v) is 5.27. The van der Waals surface area contributed by atoms with Crippen LogP contribution in [0.5, 0.6) is 5.75 Å². The van der Waals surface area contributed by atoms with E-state index in [1.54, 1.807) is 0 Å². The lowest BCUT2D eigenvalue weighted by Gasteiger charge is -2.28. The molecule has 8 nitrogen and oxygen atoms in total. The summed E-state index contributed by atoms with van der Waals surface area (Å²) in [5.74, 6) is 0.209. The Bertz CT molecular complexity index is 908. The maximum atomic E-state index is 12.2. The fourth-order valence-electron chi connectivity index (χ4n) is 3.16. The summed E-state index contributed by atoms with van der Waals surface area (Å²) in [5, 5.41) is 6.99. The van der Waals surface area contributed by atoms with Gasteiger partial charge >= 0.3 is 12.4 Å². The van der Waals surface area contributed by atoms with Gasteiger partial charge in [0.2, 0.25) is 15.8 Å². The van der Waals surface area contributed by atoms with Gasteiger partial charge < -0.3 is 14.6 Å². The number of benzene rings is 1. The molecule has 0 unspecified atom stereocenters. The number of anilines is 1. The van der Waals surface area contributed by atoms with E-state index in [0.717, 1.165) is 31.9 Å². The highest BCUT2D eigenvalue weighted by Gasteiger charge is 2.31. The fraction of sp³-hybridized carbons (Fsp3) is 0.529. The van der Waals surface area contributed by atoms with Gasteiger partial charge in [0.15, 0.2) is 0 Å². The van der Waals surface area contributed by atoms with E-state index in [2.05, 4.69) is 24.9 Å². The van der Waals surface area contributed by atoms with E-state index < -0.39 is 16.4 Å². The summed E-state index contributed by atoms with van der Waals surface area (Å²) in [7, 11) is -3.18. The molecule has 0 radical (unpaired) electrons. The van der Waals surface area contributed by atoms with Crippen LogP contribution in [-0.2, 0) is 10.0 Å². The molecule has 3 rings (SSSR count). The Hall–Kier alpha value is -2.34. The average molecular weight is 434 g/mol. The van der Waals surface area contributed by atoms with Crippen LogP contribution in [0.25, 0.3) is 11.4 Å². The number of sulfonamides is 1. The van der Waals surface area contributed by atoms with Crippen LogP contribution in [0, 0.1) is 5.92 Å². The molecule has 29 heavy (non-hydrogen) atoms. The highest BCUT2D eigenvalue weighted by atomic mass is 32.2. The van der Waals surface area contributed by atoms with E-state index in [-0.39, 0.29) is 23.6 Å². The minimum Gasteiger partial charge on any atom is -0.406 e. The van der Waals surface area contributed by atoms with Gasteiger partial charge in [-0.05, 0) is 55.9 Å². The van der Waals surface area contributed by atoms with Crippen molar-refractivity contribution in [2.24, 2.45) is 5.92 Å². The summed E-state index contributed by atoms with van der Waals surface area (Å²) in [6.45, 7) is 0.435. The normalized spacial score (nSPS) is 20.4. The molecule has 1 aromatic carbocycles. The molecular formula is C17H21F3N4O4S. The molecule has 1 heterocycles. The molecule has 1 aliphatic rings. The predicted molar refractivity (Wildman–Crippen MR) is 98.6 cm³/mol. The zero-order chi connectivity index (χ0) is 21.1. The quantitative estimate of drug-likeness (QED) is 0.689. The number of halogens is 3. The molecule has 0 atom stereocenters. The molecule has 160 valence electrons. The Kier molecular flexibility index (Phi) is 6.32. The lowest BCUT2D eigenvalue weighted by molar-refractivity contribution is -0.274. The Labute approximate surface area is 165 Å². The van der Waals surface area contributed by atoms with Crippen LogP contribution >= 0.6 is 0 Å². The molecule has 0 spiro atoms. The summed E-state index contributed by atoms with van der Waals surface area (Å²) < 4.78 is 70.5. The molecule has 12 heteroatoms. The van der Waals surface area contributed by atoms with Crippen LogP contribution in [0.1, 0.15) is 25.7 Å². The first-order chi connectivity index (χ1) is 13.6. The zero-order valence-corrected chi connectivity index (χ0v) is 16.4.